The summed E-state index contributed by atoms with van der Waals surface area (Å²) in [6, 6.07) is 5.25. The highest BCUT2D eigenvalue weighted by Gasteiger charge is 2.31. The van der Waals surface area contributed by atoms with Gasteiger partial charge in [-0.15, -0.1) is 11.3 Å². The van der Waals surface area contributed by atoms with E-state index in [0.717, 1.165) is 23.3 Å². The Hall–Kier alpha value is -2.74. The van der Waals surface area contributed by atoms with Gasteiger partial charge >= 0.3 is 5.97 Å². The number of anilines is 2. The van der Waals surface area contributed by atoms with E-state index in [-0.39, 0.29) is 17.4 Å². The number of halogens is 1. The van der Waals surface area contributed by atoms with Gasteiger partial charge in [-0.25, -0.2) is 9.18 Å². The molecular formula is C19H19FN2O4S. The highest BCUT2D eigenvalue weighted by Crippen LogP contribution is 2.36. The van der Waals surface area contributed by atoms with Crippen LogP contribution in [0.2, 0.25) is 0 Å². The third-order valence-electron chi connectivity index (χ3n) is 4.24. The predicted molar refractivity (Wildman–Crippen MR) is 100 cm³/mol. The van der Waals surface area contributed by atoms with Gasteiger partial charge in [0.1, 0.15) is 10.8 Å². The second-order valence-electron chi connectivity index (χ2n) is 6.38. The zero-order valence-electron chi connectivity index (χ0n) is 14.9. The van der Waals surface area contributed by atoms with Crippen molar-refractivity contribution < 1.29 is 23.5 Å². The van der Waals surface area contributed by atoms with Crippen LogP contribution in [0.15, 0.2) is 24.3 Å². The molecule has 1 aromatic carbocycles. The number of amides is 2. The summed E-state index contributed by atoms with van der Waals surface area (Å²) in [6.45, 7) is 3.14. The fourth-order valence-electron chi connectivity index (χ4n) is 2.45. The van der Waals surface area contributed by atoms with Crippen molar-refractivity contribution in [2.75, 3.05) is 17.2 Å². The number of hydrogen-bond donors (Lipinski definition) is 2. The van der Waals surface area contributed by atoms with E-state index in [0.29, 0.717) is 10.7 Å². The average molecular weight is 390 g/mol. The summed E-state index contributed by atoms with van der Waals surface area (Å²) in [4.78, 5) is 37.3. The van der Waals surface area contributed by atoms with Crippen LogP contribution in [0.5, 0.6) is 0 Å². The normalized spacial score (nSPS) is 13.1. The van der Waals surface area contributed by atoms with Gasteiger partial charge in [0, 0.05) is 16.5 Å². The summed E-state index contributed by atoms with van der Waals surface area (Å²) in [6.07, 6.45) is 1.72. The Balaban J connectivity index is 1.62. The topological polar surface area (TPSA) is 84.5 Å². The molecule has 1 aromatic heterocycles. The Kier molecular flexibility index (Phi) is 5.55. The van der Waals surface area contributed by atoms with Crippen molar-refractivity contribution in [2.45, 2.75) is 26.7 Å². The molecular weight excluding hydrogens is 371 g/mol. The number of thiophene rings is 1. The summed E-state index contributed by atoms with van der Waals surface area (Å²) in [7, 11) is 0. The van der Waals surface area contributed by atoms with Crippen LogP contribution in [0.25, 0.3) is 0 Å². The minimum Gasteiger partial charge on any atom is -0.452 e. The van der Waals surface area contributed by atoms with Crippen molar-refractivity contribution in [3.8, 4) is 0 Å². The lowest BCUT2D eigenvalue weighted by atomic mass is 10.1. The summed E-state index contributed by atoms with van der Waals surface area (Å²) in [5.41, 5.74) is 1.40. The number of esters is 1. The molecule has 3 rings (SSSR count). The summed E-state index contributed by atoms with van der Waals surface area (Å²) in [5, 5.41) is 5.76. The average Bonchev–Trinajstić information content (AvgIpc) is 3.43. The predicted octanol–water partition coefficient (Wildman–Crippen LogP) is 3.65. The first kappa shape index (κ1) is 19.0. The Morgan fingerprint density at radius 3 is 2.44 bits per heavy atom. The Bertz CT molecular complexity index is 888. The van der Waals surface area contributed by atoms with Crippen LogP contribution in [0, 0.1) is 25.6 Å². The molecule has 0 aliphatic heterocycles. The molecule has 6 nitrogen and oxygen atoms in total. The van der Waals surface area contributed by atoms with Crippen LogP contribution in [0.3, 0.4) is 0 Å². The molecule has 0 radical (unpaired) electrons. The number of benzene rings is 1. The van der Waals surface area contributed by atoms with Gasteiger partial charge in [-0.1, -0.05) is 0 Å². The van der Waals surface area contributed by atoms with Crippen molar-refractivity contribution in [3.05, 3.63) is 46.1 Å². The van der Waals surface area contributed by atoms with E-state index in [1.807, 2.05) is 6.92 Å². The van der Waals surface area contributed by atoms with Crippen molar-refractivity contribution in [1.82, 2.24) is 0 Å². The molecule has 1 saturated carbocycles. The number of aryl methyl sites for hydroxylation is 1. The van der Waals surface area contributed by atoms with E-state index in [2.05, 4.69) is 10.6 Å². The largest absolute Gasteiger partial charge is 0.452 e. The molecule has 0 atom stereocenters. The zero-order chi connectivity index (χ0) is 19.6. The van der Waals surface area contributed by atoms with Crippen LogP contribution in [0.4, 0.5) is 15.1 Å². The highest BCUT2D eigenvalue weighted by atomic mass is 32.1. The fraction of sp³-hybridized carbons (Fsp3) is 0.316. The second-order valence-corrected chi connectivity index (χ2v) is 7.61. The number of carbonyl (C=O) groups excluding carboxylic acids is 3. The number of carbonyl (C=O) groups is 3. The lowest BCUT2D eigenvalue weighted by molar-refractivity contribution is -0.119. The molecule has 2 amide bonds. The maximum atomic E-state index is 12.9. The Morgan fingerprint density at radius 1 is 1.15 bits per heavy atom. The molecule has 0 saturated heterocycles. The lowest BCUT2D eigenvalue weighted by Crippen LogP contribution is -2.22. The molecule has 1 heterocycles. The third kappa shape index (κ3) is 4.71. The molecule has 0 spiro atoms. The van der Waals surface area contributed by atoms with Crippen LogP contribution in [-0.2, 0) is 14.3 Å². The van der Waals surface area contributed by atoms with Crippen LogP contribution >= 0.6 is 11.3 Å². The quantitative estimate of drug-likeness (QED) is 0.738. The summed E-state index contributed by atoms with van der Waals surface area (Å²) < 4.78 is 18.0. The smallest absolute Gasteiger partial charge is 0.341 e. The highest BCUT2D eigenvalue weighted by molar-refractivity contribution is 7.16. The van der Waals surface area contributed by atoms with Crippen molar-refractivity contribution in [3.63, 3.8) is 0 Å². The van der Waals surface area contributed by atoms with Crippen LogP contribution in [-0.4, -0.2) is 24.4 Å². The van der Waals surface area contributed by atoms with Gasteiger partial charge < -0.3 is 15.4 Å². The first-order chi connectivity index (χ1) is 12.8. The van der Waals surface area contributed by atoms with Crippen molar-refractivity contribution in [2.24, 2.45) is 5.92 Å². The van der Waals surface area contributed by atoms with E-state index in [1.165, 1.54) is 35.6 Å². The van der Waals surface area contributed by atoms with Gasteiger partial charge in [-0.05, 0) is 56.5 Å². The number of rotatable bonds is 6. The molecule has 0 bridgehead atoms. The van der Waals surface area contributed by atoms with E-state index in [9.17, 15) is 18.8 Å². The molecule has 2 aromatic rings. The molecule has 8 heteroatoms. The summed E-state index contributed by atoms with van der Waals surface area (Å²) >= 11 is 1.31. The second kappa shape index (κ2) is 7.87. The van der Waals surface area contributed by atoms with Crippen LogP contribution in [0.1, 0.15) is 33.6 Å². The number of nitrogens with one attached hydrogen (secondary N) is 2. The standard InChI is InChI=1S/C19H19FN2O4S/c1-10-11(2)27-18(22-17(24)12-3-4-12)16(10)19(25)26-9-15(23)21-14-7-5-13(20)6-8-14/h5-8,12H,3-4,9H2,1-2H3,(H,21,23)(H,22,24). The van der Waals surface area contributed by atoms with Crippen molar-refractivity contribution >= 4 is 39.8 Å². The molecule has 142 valence electrons. The third-order valence-corrected chi connectivity index (χ3v) is 5.36. The van der Waals surface area contributed by atoms with E-state index in [4.69, 9.17) is 4.74 Å². The Labute approximate surface area is 159 Å². The molecule has 1 aliphatic rings. The van der Waals surface area contributed by atoms with Gasteiger partial charge in [0.15, 0.2) is 6.61 Å². The number of hydrogen-bond acceptors (Lipinski definition) is 5. The molecule has 27 heavy (non-hydrogen) atoms. The lowest BCUT2D eigenvalue weighted by Gasteiger charge is -2.09. The van der Waals surface area contributed by atoms with E-state index >= 15 is 0 Å². The minimum absolute atomic E-state index is 0.0121. The Morgan fingerprint density at radius 2 is 1.81 bits per heavy atom. The van der Waals surface area contributed by atoms with Gasteiger partial charge in [0.25, 0.3) is 5.91 Å². The van der Waals surface area contributed by atoms with Gasteiger partial charge in [0.2, 0.25) is 5.91 Å². The monoisotopic (exact) mass is 390 g/mol. The van der Waals surface area contributed by atoms with Gasteiger partial charge in [-0.2, -0.15) is 0 Å². The van der Waals surface area contributed by atoms with E-state index in [1.54, 1.807) is 6.92 Å². The van der Waals surface area contributed by atoms with Gasteiger partial charge in [0.05, 0.1) is 5.56 Å². The summed E-state index contributed by atoms with van der Waals surface area (Å²) in [5.74, 6) is -1.71. The van der Waals surface area contributed by atoms with Gasteiger partial charge in [-0.3, -0.25) is 9.59 Å². The minimum atomic E-state index is -0.669. The maximum Gasteiger partial charge on any atom is 0.341 e. The SMILES string of the molecule is Cc1sc(NC(=O)C2CC2)c(C(=O)OCC(=O)Nc2ccc(F)cc2)c1C. The van der Waals surface area contributed by atoms with Crippen molar-refractivity contribution in [1.29, 1.82) is 0 Å². The molecule has 1 fully saturated rings. The maximum absolute atomic E-state index is 12.9. The molecule has 1 aliphatic carbocycles. The first-order valence-corrected chi connectivity index (χ1v) is 9.30. The zero-order valence-corrected chi connectivity index (χ0v) is 15.7. The van der Waals surface area contributed by atoms with E-state index < -0.39 is 24.3 Å². The number of ether oxygens (including phenoxy) is 1. The van der Waals surface area contributed by atoms with Crippen LogP contribution < -0.4 is 10.6 Å². The molecule has 2 N–H and O–H groups in total. The first-order valence-electron chi connectivity index (χ1n) is 8.48. The fourth-order valence-corrected chi connectivity index (χ4v) is 3.51. The molecule has 0 unspecified atom stereocenters.